The molecule has 0 spiro atoms. The van der Waals surface area contributed by atoms with Crippen molar-refractivity contribution in [2.45, 2.75) is 13.8 Å². The van der Waals surface area contributed by atoms with Crippen molar-refractivity contribution in [3.63, 3.8) is 0 Å². The van der Waals surface area contributed by atoms with Crippen LogP contribution in [0.15, 0.2) is 11.8 Å². The van der Waals surface area contributed by atoms with Gasteiger partial charge in [0.15, 0.2) is 0 Å². The van der Waals surface area contributed by atoms with Gasteiger partial charge in [-0.1, -0.05) is 0 Å². The summed E-state index contributed by atoms with van der Waals surface area (Å²) < 4.78 is 0.434. The zero-order valence-corrected chi connectivity index (χ0v) is 9.48. The van der Waals surface area contributed by atoms with Gasteiger partial charge in [-0.3, -0.25) is 0 Å². The van der Waals surface area contributed by atoms with E-state index in [0.29, 0.717) is 3.90 Å². The minimum absolute atomic E-state index is 0.434. The van der Waals surface area contributed by atoms with E-state index in [-0.39, 0.29) is 0 Å². The van der Waals surface area contributed by atoms with Crippen molar-refractivity contribution in [3.8, 4) is 0 Å². The number of carbonyl (C=O) groups is 1. The molecule has 3 nitrogen and oxygen atoms in total. The Kier molecular flexibility index (Phi) is 5.04. The summed E-state index contributed by atoms with van der Waals surface area (Å²) in [4.78, 5) is 10.4. The summed E-state index contributed by atoms with van der Waals surface area (Å²) in [6.07, 6.45) is 1.65. The molecule has 0 saturated carbocycles. The van der Waals surface area contributed by atoms with E-state index >= 15 is 0 Å². The van der Waals surface area contributed by atoms with Gasteiger partial charge < -0.3 is 0 Å². The molecule has 0 saturated heterocycles. The molecule has 0 aromatic rings. The van der Waals surface area contributed by atoms with Gasteiger partial charge >= 0.3 is 76.6 Å². The Morgan fingerprint density at radius 1 is 1.73 bits per heavy atom. The SMILES string of the molecule is CCNC(C)=C[C](=[W])C(=O)O. The van der Waals surface area contributed by atoms with E-state index in [1.165, 1.54) is 0 Å². The molecule has 0 radical (unpaired) electrons. The molecule has 0 amide bonds. The topological polar surface area (TPSA) is 49.3 Å². The summed E-state index contributed by atoms with van der Waals surface area (Å²) in [5, 5.41) is 11.5. The van der Waals surface area contributed by atoms with Crippen LogP contribution in [0.4, 0.5) is 0 Å². The number of carboxylic acids is 1. The van der Waals surface area contributed by atoms with Crippen molar-refractivity contribution < 1.29 is 29.3 Å². The van der Waals surface area contributed by atoms with Gasteiger partial charge in [-0.25, -0.2) is 0 Å². The predicted molar refractivity (Wildman–Crippen MR) is 40.1 cm³/mol. The summed E-state index contributed by atoms with van der Waals surface area (Å²) in [6, 6.07) is 0. The van der Waals surface area contributed by atoms with Gasteiger partial charge in [-0.2, -0.15) is 0 Å². The first kappa shape index (κ1) is 10.6. The standard InChI is InChI=1S/C7H11NO2.W/c1-3-8-6(2)4-5-7(9)10;/h4,8H,3H2,1-2H3,(H,9,10);. The van der Waals surface area contributed by atoms with Gasteiger partial charge in [0.1, 0.15) is 0 Å². The normalized spacial score (nSPS) is 10.9. The molecule has 0 heterocycles. The predicted octanol–water partition coefficient (Wildman–Crippen LogP) is 0.303. The molecule has 0 aliphatic rings. The summed E-state index contributed by atoms with van der Waals surface area (Å²) in [5.41, 5.74) is 0.903. The molecule has 11 heavy (non-hydrogen) atoms. The van der Waals surface area contributed by atoms with Crippen LogP contribution in [0.25, 0.3) is 0 Å². The van der Waals surface area contributed by atoms with E-state index in [1.54, 1.807) is 6.08 Å². The van der Waals surface area contributed by atoms with Crippen LogP contribution in [0.2, 0.25) is 0 Å². The van der Waals surface area contributed by atoms with E-state index in [4.69, 9.17) is 5.11 Å². The average Bonchev–Trinajstić information content (AvgIpc) is 1.87. The second-order valence-corrected chi connectivity index (χ2v) is 3.61. The summed E-state index contributed by atoms with van der Waals surface area (Å²) in [7, 11) is 0. The van der Waals surface area contributed by atoms with Crippen LogP contribution in [0.3, 0.4) is 0 Å². The molecule has 0 rings (SSSR count). The summed E-state index contributed by atoms with van der Waals surface area (Å²) in [5.74, 6) is -0.836. The fourth-order valence-electron chi connectivity index (χ4n) is 0.588. The van der Waals surface area contributed by atoms with Crippen LogP contribution < -0.4 is 5.32 Å². The molecule has 0 aliphatic heterocycles. The molecule has 0 unspecified atom stereocenters. The Morgan fingerprint density at radius 3 is 2.64 bits per heavy atom. The van der Waals surface area contributed by atoms with Gasteiger partial charge in [0.25, 0.3) is 0 Å². The number of allylic oxidation sites excluding steroid dienone is 1. The number of hydrogen-bond donors (Lipinski definition) is 2. The third-order valence-electron chi connectivity index (χ3n) is 1.01. The molecule has 4 heteroatoms. The minimum atomic E-state index is -0.836. The van der Waals surface area contributed by atoms with Crippen LogP contribution >= 0.6 is 0 Å². The van der Waals surface area contributed by atoms with Crippen LogP contribution in [0.1, 0.15) is 13.8 Å². The van der Waals surface area contributed by atoms with Crippen molar-refractivity contribution in [2.24, 2.45) is 0 Å². The molecule has 0 atom stereocenters. The number of carboxylic acid groups (broad SMARTS) is 1. The molecule has 0 fully saturated rings. The van der Waals surface area contributed by atoms with Crippen molar-refractivity contribution >= 4 is 9.87 Å². The number of aliphatic carboxylic acids is 1. The Hall–Kier alpha value is -0.432. The number of hydrogen-bond acceptors (Lipinski definition) is 2. The van der Waals surface area contributed by atoms with Crippen LogP contribution in [0, 0.1) is 0 Å². The molecule has 0 aromatic carbocycles. The molecular weight excluding hydrogens is 314 g/mol. The molecule has 0 bridgehead atoms. The maximum absolute atomic E-state index is 10.4. The third-order valence-corrected chi connectivity index (χ3v) is 2.06. The Balaban J connectivity index is 4.08. The number of rotatable bonds is 4. The number of nitrogens with one attached hydrogen (secondary N) is 1. The first-order valence-electron chi connectivity index (χ1n) is 3.27. The van der Waals surface area contributed by atoms with Crippen LogP contribution in [-0.4, -0.2) is 21.5 Å². The van der Waals surface area contributed by atoms with E-state index in [9.17, 15) is 4.79 Å². The second kappa shape index (κ2) is 5.25. The Bertz CT molecular complexity index is 199. The zero-order chi connectivity index (χ0) is 8.85. The molecule has 0 aromatic heterocycles. The quantitative estimate of drug-likeness (QED) is 0.782. The molecular formula is C7H11NO2W. The van der Waals surface area contributed by atoms with Gasteiger partial charge in [-0.05, 0) is 0 Å². The van der Waals surface area contributed by atoms with Gasteiger partial charge in [-0.15, -0.1) is 0 Å². The average molecular weight is 325 g/mol. The third kappa shape index (κ3) is 4.91. The van der Waals surface area contributed by atoms with Gasteiger partial charge in [0.05, 0.1) is 0 Å². The first-order chi connectivity index (χ1) is 5.07. The van der Waals surface area contributed by atoms with Crippen molar-refractivity contribution in [1.82, 2.24) is 5.32 Å². The fraction of sp³-hybridized carbons (Fsp3) is 0.429. The van der Waals surface area contributed by atoms with Crippen LogP contribution in [-0.2, 0) is 24.1 Å². The Labute approximate surface area is 76.9 Å². The fourth-order valence-corrected chi connectivity index (χ4v) is 1.22. The van der Waals surface area contributed by atoms with E-state index < -0.39 is 5.97 Å². The van der Waals surface area contributed by atoms with Crippen molar-refractivity contribution in [2.75, 3.05) is 6.54 Å². The van der Waals surface area contributed by atoms with E-state index in [1.807, 2.05) is 13.8 Å². The second-order valence-electron chi connectivity index (χ2n) is 2.03. The Morgan fingerprint density at radius 2 is 2.27 bits per heavy atom. The molecule has 62 valence electrons. The van der Waals surface area contributed by atoms with E-state index in [0.717, 1.165) is 31.6 Å². The van der Waals surface area contributed by atoms with Crippen molar-refractivity contribution in [1.29, 1.82) is 0 Å². The zero-order valence-electron chi connectivity index (χ0n) is 6.55. The summed E-state index contributed by atoms with van der Waals surface area (Å²) in [6.45, 7) is 4.65. The molecule has 0 aliphatic carbocycles. The monoisotopic (exact) mass is 325 g/mol. The van der Waals surface area contributed by atoms with Crippen LogP contribution in [0.5, 0.6) is 0 Å². The van der Waals surface area contributed by atoms with Crippen molar-refractivity contribution in [3.05, 3.63) is 11.8 Å². The first-order valence-corrected chi connectivity index (χ1v) is 4.74. The maximum atomic E-state index is 10.4. The molecule has 2 N–H and O–H groups in total. The van der Waals surface area contributed by atoms with Gasteiger partial charge in [0, 0.05) is 0 Å². The van der Waals surface area contributed by atoms with E-state index in [2.05, 4.69) is 5.32 Å². The van der Waals surface area contributed by atoms with Gasteiger partial charge in [0.2, 0.25) is 0 Å². The summed E-state index contributed by atoms with van der Waals surface area (Å²) >= 11 is 0.977.